The second kappa shape index (κ2) is 12.6. The van der Waals surface area contributed by atoms with Crippen LogP contribution in [0.5, 0.6) is 11.5 Å². The molecule has 0 saturated carbocycles. The van der Waals surface area contributed by atoms with E-state index >= 15 is 0 Å². The first-order chi connectivity index (χ1) is 21.9. The van der Waals surface area contributed by atoms with E-state index in [4.69, 9.17) is 42.4 Å². The molecule has 1 N–H and O–H groups in total. The summed E-state index contributed by atoms with van der Waals surface area (Å²) in [6, 6.07) is 14.7. The summed E-state index contributed by atoms with van der Waals surface area (Å²) in [7, 11) is 3.18. The second-order valence-electron chi connectivity index (χ2n) is 12.1. The van der Waals surface area contributed by atoms with Gasteiger partial charge in [0.15, 0.2) is 23.6 Å². The molecule has 3 fully saturated rings. The monoisotopic (exact) mass is 638 g/mol. The summed E-state index contributed by atoms with van der Waals surface area (Å²) in [6.45, 7) is 6.70. The Morgan fingerprint density at radius 3 is 2.04 bits per heavy atom. The summed E-state index contributed by atoms with van der Waals surface area (Å²) >= 11 is 0. The molecule has 4 heterocycles. The van der Waals surface area contributed by atoms with Crippen LogP contribution in [-0.2, 0) is 44.4 Å². The largest absolute Gasteiger partial charge is 0.497 e. The highest BCUT2D eigenvalue weighted by atomic mass is 16.9. The van der Waals surface area contributed by atoms with Crippen LogP contribution in [0, 0.1) is 0 Å². The molecule has 6 rings (SSSR count). The van der Waals surface area contributed by atoms with Crippen molar-refractivity contribution in [3.05, 3.63) is 54.3 Å². The average molecular weight is 639 g/mol. The smallest absolute Gasteiger partial charge is 0.325 e. The normalized spacial score (nSPS) is 25.7. The lowest BCUT2D eigenvalue weighted by molar-refractivity contribution is -0.242. The molecule has 13 heteroatoms. The molecule has 0 spiro atoms. The maximum atomic E-state index is 13.0. The Hall–Kier alpha value is -4.01. The lowest BCUT2D eigenvalue weighted by Crippen LogP contribution is -2.56. The Kier molecular flexibility index (Phi) is 8.79. The van der Waals surface area contributed by atoms with Crippen molar-refractivity contribution in [2.45, 2.75) is 76.4 Å². The number of rotatable bonds is 10. The third-order valence-electron chi connectivity index (χ3n) is 7.92. The lowest BCUT2D eigenvalue weighted by Gasteiger charge is -2.36. The molecule has 1 aromatic heterocycles. The highest BCUT2D eigenvalue weighted by Crippen LogP contribution is 2.44. The molecule has 3 aromatic rings. The summed E-state index contributed by atoms with van der Waals surface area (Å²) in [5.41, 5.74) is 2.77. The fourth-order valence-corrected chi connectivity index (χ4v) is 5.88. The van der Waals surface area contributed by atoms with Crippen molar-refractivity contribution in [1.29, 1.82) is 0 Å². The van der Waals surface area contributed by atoms with Gasteiger partial charge in [-0.1, -0.05) is 17.3 Å². The molecule has 0 aliphatic carbocycles. The maximum Gasteiger partial charge on any atom is 0.325 e. The molecule has 3 saturated heterocycles. The number of amides is 1. The van der Waals surface area contributed by atoms with Crippen LogP contribution >= 0.6 is 0 Å². The highest BCUT2D eigenvalue weighted by molar-refractivity contribution is 5.88. The van der Waals surface area contributed by atoms with Crippen molar-refractivity contribution in [1.82, 2.24) is 10.5 Å². The predicted molar refractivity (Wildman–Crippen MR) is 161 cm³/mol. The number of nitrogens with zero attached hydrogens (tertiary/aromatic N) is 1. The van der Waals surface area contributed by atoms with E-state index in [9.17, 15) is 9.59 Å². The van der Waals surface area contributed by atoms with Gasteiger partial charge < -0.3 is 47.7 Å². The SMILES string of the molecule is COc1ccc(-c2noc(CC(=O)NCC(=O)OCC3OC4OC(C)(C)OC4C4OC(C)(C)OC34)c2-c2ccc(OC)cc2)cc1. The van der Waals surface area contributed by atoms with E-state index in [1.165, 1.54) is 0 Å². The number of hydrogen-bond donors (Lipinski definition) is 1. The number of carbonyl (C=O) groups is 2. The zero-order valence-corrected chi connectivity index (χ0v) is 26.6. The molecule has 3 aliphatic rings. The van der Waals surface area contributed by atoms with Gasteiger partial charge in [-0.15, -0.1) is 0 Å². The van der Waals surface area contributed by atoms with Crippen LogP contribution in [0.1, 0.15) is 33.5 Å². The fraction of sp³-hybridized carbons (Fsp3) is 0.485. The van der Waals surface area contributed by atoms with Crippen LogP contribution in [0.2, 0.25) is 0 Å². The molecule has 1 amide bonds. The van der Waals surface area contributed by atoms with Crippen LogP contribution in [0.3, 0.4) is 0 Å². The number of hydrogen-bond acceptors (Lipinski definition) is 12. The van der Waals surface area contributed by atoms with Crippen molar-refractivity contribution >= 4 is 11.9 Å². The molecule has 0 bridgehead atoms. The van der Waals surface area contributed by atoms with Gasteiger partial charge in [-0.25, -0.2) is 0 Å². The van der Waals surface area contributed by atoms with Crippen molar-refractivity contribution in [2.75, 3.05) is 27.4 Å². The van der Waals surface area contributed by atoms with Crippen LogP contribution in [0.25, 0.3) is 22.4 Å². The molecule has 5 unspecified atom stereocenters. The number of carbonyl (C=O) groups excluding carboxylic acids is 2. The van der Waals surface area contributed by atoms with Gasteiger partial charge in [0, 0.05) is 5.56 Å². The quantitative estimate of drug-likeness (QED) is 0.324. The Balaban J connectivity index is 1.09. The van der Waals surface area contributed by atoms with Crippen LogP contribution in [0.15, 0.2) is 53.1 Å². The highest BCUT2D eigenvalue weighted by Gasteiger charge is 2.60. The first kappa shape index (κ1) is 32.0. The zero-order valence-electron chi connectivity index (χ0n) is 26.6. The number of fused-ring (bicyclic) bond motifs is 3. The molecular formula is C33H38N2O11. The molecule has 0 radical (unpaired) electrons. The van der Waals surface area contributed by atoms with E-state index in [0.717, 1.165) is 11.1 Å². The summed E-state index contributed by atoms with van der Waals surface area (Å²) < 4.78 is 51.9. The minimum absolute atomic E-state index is 0.128. The fourth-order valence-electron chi connectivity index (χ4n) is 5.88. The van der Waals surface area contributed by atoms with Crippen LogP contribution in [0.4, 0.5) is 0 Å². The summed E-state index contributed by atoms with van der Waals surface area (Å²) in [4.78, 5) is 25.7. The third kappa shape index (κ3) is 6.74. The summed E-state index contributed by atoms with van der Waals surface area (Å²) in [5, 5.41) is 6.89. The van der Waals surface area contributed by atoms with Crippen LogP contribution < -0.4 is 14.8 Å². The van der Waals surface area contributed by atoms with Gasteiger partial charge in [0.25, 0.3) is 0 Å². The van der Waals surface area contributed by atoms with Gasteiger partial charge in [-0.3, -0.25) is 9.59 Å². The zero-order chi connectivity index (χ0) is 32.6. The van der Waals surface area contributed by atoms with E-state index < -0.39 is 54.2 Å². The lowest BCUT2D eigenvalue weighted by atomic mass is 9.98. The average Bonchev–Trinajstić information content (AvgIpc) is 3.69. The first-order valence-corrected chi connectivity index (χ1v) is 15.0. The van der Waals surface area contributed by atoms with Gasteiger partial charge in [0.05, 0.1) is 26.2 Å². The number of benzene rings is 2. The standard InChI is InChI=1S/C33H38N2O11/c1-32(2)42-28-23(41-31-30(29(28)43-32)44-33(3,4)45-31)17-40-25(37)16-34-24(36)15-22-26(18-7-11-20(38-5)12-8-18)27(35-46-22)19-9-13-21(39-6)14-10-19/h7-14,23,28-31H,15-17H2,1-6H3,(H,34,36). The summed E-state index contributed by atoms with van der Waals surface area (Å²) in [5.74, 6) is -1.13. The van der Waals surface area contributed by atoms with Crippen molar-refractivity contribution in [3.63, 3.8) is 0 Å². The third-order valence-corrected chi connectivity index (χ3v) is 7.92. The first-order valence-electron chi connectivity index (χ1n) is 15.0. The number of nitrogens with one attached hydrogen (secondary N) is 1. The van der Waals surface area contributed by atoms with Gasteiger partial charge in [-0.2, -0.15) is 0 Å². The predicted octanol–water partition coefficient (Wildman–Crippen LogP) is 3.62. The summed E-state index contributed by atoms with van der Waals surface area (Å²) in [6.07, 6.45) is -3.03. The minimum Gasteiger partial charge on any atom is -0.497 e. The number of ether oxygens (including phenoxy) is 8. The Morgan fingerprint density at radius 1 is 0.804 bits per heavy atom. The van der Waals surface area contributed by atoms with E-state index in [-0.39, 0.29) is 19.6 Å². The maximum absolute atomic E-state index is 13.0. The Morgan fingerprint density at radius 2 is 1.39 bits per heavy atom. The topological polar surface area (TPSA) is 146 Å². The molecular weight excluding hydrogens is 600 g/mol. The molecule has 13 nitrogen and oxygen atoms in total. The number of methoxy groups -OCH3 is 2. The van der Waals surface area contributed by atoms with Crippen molar-refractivity contribution in [3.8, 4) is 33.9 Å². The van der Waals surface area contributed by atoms with Gasteiger partial charge in [-0.05, 0) is 69.7 Å². The van der Waals surface area contributed by atoms with Crippen molar-refractivity contribution < 1.29 is 52.0 Å². The van der Waals surface area contributed by atoms with Gasteiger partial charge in [0.2, 0.25) is 5.91 Å². The van der Waals surface area contributed by atoms with E-state index in [2.05, 4.69) is 10.5 Å². The Labute approximate surface area is 266 Å². The number of esters is 1. The molecule has 246 valence electrons. The van der Waals surface area contributed by atoms with E-state index in [0.29, 0.717) is 28.5 Å². The van der Waals surface area contributed by atoms with Crippen molar-refractivity contribution in [2.24, 2.45) is 0 Å². The molecule has 46 heavy (non-hydrogen) atoms. The second-order valence-corrected chi connectivity index (χ2v) is 12.1. The van der Waals surface area contributed by atoms with E-state index in [1.807, 2.05) is 48.5 Å². The van der Waals surface area contributed by atoms with Gasteiger partial charge in [0.1, 0.15) is 54.8 Å². The van der Waals surface area contributed by atoms with E-state index in [1.54, 1.807) is 41.9 Å². The Bertz CT molecular complexity index is 1550. The number of aromatic nitrogens is 1. The van der Waals surface area contributed by atoms with Crippen LogP contribution in [-0.4, -0.2) is 86.7 Å². The molecule has 5 atom stereocenters. The molecule has 2 aromatic carbocycles. The molecule has 3 aliphatic heterocycles. The van der Waals surface area contributed by atoms with Gasteiger partial charge >= 0.3 is 5.97 Å². The minimum atomic E-state index is -0.876.